The molecule has 2 heterocycles. The predicted octanol–water partition coefficient (Wildman–Crippen LogP) is 4.79. The summed E-state index contributed by atoms with van der Waals surface area (Å²) in [6.45, 7) is 5.99. The lowest BCUT2D eigenvalue weighted by atomic mass is 10.1. The first-order valence-electron chi connectivity index (χ1n) is 10.2. The third-order valence-electron chi connectivity index (χ3n) is 5.63. The monoisotopic (exact) mass is 416 g/mol. The van der Waals surface area contributed by atoms with Gasteiger partial charge in [-0.3, -0.25) is 4.79 Å². The molecule has 0 spiro atoms. The molecule has 1 unspecified atom stereocenters. The molecule has 0 aliphatic heterocycles. The van der Waals surface area contributed by atoms with Gasteiger partial charge in [-0.25, -0.2) is 9.37 Å². The molecule has 4 aromatic rings. The van der Waals surface area contributed by atoms with E-state index in [2.05, 4.69) is 27.9 Å². The largest absolute Gasteiger partial charge is 0.338 e. The third-order valence-corrected chi connectivity index (χ3v) is 5.63. The summed E-state index contributed by atoms with van der Waals surface area (Å²) in [6.07, 6.45) is 3.50. The molecule has 31 heavy (non-hydrogen) atoms. The Balaban J connectivity index is 1.72. The maximum atomic E-state index is 13.5. The van der Waals surface area contributed by atoms with Crippen LogP contribution in [0.4, 0.5) is 4.39 Å². The van der Waals surface area contributed by atoms with E-state index < -0.39 is 6.04 Å². The van der Waals surface area contributed by atoms with Gasteiger partial charge >= 0.3 is 0 Å². The van der Waals surface area contributed by atoms with Gasteiger partial charge in [0, 0.05) is 36.5 Å². The van der Waals surface area contributed by atoms with Crippen molar-refractivity contribution < 1.29 is 9.18 Å². The maximum Gasteiger partial charge on any atom is 0.253 e. The van der Waals surface area contributed by atoms with Crippen LogP contribution in [0.15, 0.2) is 67.0 Å². The van der Waals surface area contributed by atoms with Gasteiger partial charge in [-0.1, -0.05) is 30.3 Å². The van der Waals surface area contributed by atoms with Gasteiger partial charge in [0.2, 0.25) is 0 Å². The van der Waals surface area contributed by atoms with Crippen molar-refractivity contribution in [2.24, 2.45) is 7.05 Å². The van der Waals surface area contributed by atoms with E-state index in [1.54, 1.807) is 18.3 Å². The molecule has 2 aromatic heterocycles. The van der Waals surface area contributed by atoms with Gasteiger partial charge in [0.1, 0.15) is 17.7 Å². The highest BCUT2D eigenvalue weighted by atomic mass is 19.1. The molecule has 1 atom stereocenters. The van der Waals surface area contributed by atoms with Gasteiger partial charge in [-0.15, -0.1) is 0 Å². The van der Waals surface area contributed by atoms with Crippen molar-refractivity contribution in [3.63, 3.8) is 0 Å². The molecule has 0 fully saturated rings. The van der Waals surface area contributed by atoms with Crippen LogP contribution >= 0.6 is 0 Å². The first-order valence-corrected chi connectivity index (χ1v) is 10.2. The minimum absolute atomic E-state index is 0.203. The van der Waals surface area contributed by atoms with Gasteiger partial charge in [0.15, 0.2) is 0 Å². The number of aryl methyl sites for hydroxylation is 3. The number of imidazole rings is 1. The second-order valence-corrected chi connectivity index (χ2v) is 7.76. The van der Waals surface area contributed by atoms with E-state index in [-0.39, 0.29) is 11.7 Å². The van der Waals surface area contributed by atoms with Crippen LogP contribution in [0.3, 0.4) is 0 Å². The molecule has 6 heteroatoms. The minimum atomic E-state index is -0.505. The van der Waals surface area contributed by atoms with Gasteiger partial charge in [0.25, 0.3) is 5.91 Å². The quantitative estimate of drug-likeness (QED) is 0.508. The van der Waals surface area contributed by atoms with Crippen molar-refractivity contribution in [1.82, 2.24) is 19.4 Å². The third kappa shape index (κ3) is 3.89. The fraction of sp³-hybridized carbons (Fsp3) is 0.200. The highest BCUT2D eigenvalue weighted by Crippen LogP contribution is 2.25. The second kappa shape index (κ2) is 8.22. The molecule has 0 aliphatic carbocycles. The molecule has 4 rings (SSSR count). The Bertz CT molecular complexity index is 1240. The Labute approximate surface area is 181 Å². The lowest BCUT2D eigenvalue weighted by Crippen LogP contribution is -2.31. The number of carbonyl (C=O) groups is 1. The molecule has 0 saturated carbocycles. The van der Waals surface area contributed by atoms with Crippen molar-refractivity contribution in [3.05, 3.63) is 107 Å². The van der Waals surface area contributed by atoms with E-state index in [4.69, 9.17) is 0 Å². The molecule has 5 nitrogen and oxygen atoms in total. The maximum absolute atomic E-state index is 13.5. The summed E-state index contributed by atoms with van der Waals surface area (Å²) in [5.74, 6) is 0.147. The van der Waals surface area contributed by atoms with E-state index in [9.17, 15) is 9.18 Å². The van der Waals surface area contributed by atoms with Gasteiger partial charge < -0.3 is 14.5 Å². The molecule has 1 N–H and O–H groups in total. The zero-order chi connectivity index (χ0) is 22.1. The zero-order valence-electron chi connectivity index (χ0n) is 18.1. The lowest BCUT2D eigenvalue weighted by molar-refractivity contribution is 0.0940. The highest BCUT2D eigenvalue weighted by molar-refractivity contribution is 5.96. The van der Waals surface area contributed by atoms with E-state index in [0.29, 0.717) is 11.4 Å². The Morgan fingerprint density at radius 1 is 1.06 bits per heavy atom. The molecular formula is C25H25FN4O. The molecule has 2 aromatic carbocycles. The smallest absolute Gasteiger partial charge is 0.253 e. The van der Waals surface area contributed by atoms with Gasteiger partial charge in [-0.05, 0) is 56.2 Å². The number of carbonyl (C=O) groups excluding carboxylic acids is 1. The first-order chi connectivity index (χ1) is 14.9. The molecule has 0 radical (unpaired) electrons. The van der Waals surface area contributed by atoms with Crippen LogP contribution in [0.2, 0.25) is 0 Å². The SMILES string of the molecule is Cc1ccccc1-n1c(C)cc(C(=O)NC(c2ccc(F)cc2)c2nccn2C)c1C. The molecule has 158 valence electrons. The van der Waals surface area contributed by atoms with Gasteiger partial charge in [-0.2, -0.15) is 0 Å². The standard InChI is InChI=1S/C25H25FN4O/c1-16-7-5-6-8-22(16)30-17(2)15-21(18(30)3)25(31)28-23(24-27-13-14-29(24)4)19-9-11-20(26)12-10-19/h5-15,23H,1-4H3,(H,28,31). The number of amides is 1. The number of aromatic nitrogens is 3. The van der Waals surface area contributed by atoms with Crippen LogP contribution in [0.5, 0.6) is 0 Å². The number of nitrogens with zero attached hydrogens (tertiary/aromatic N) is 3. The van der Waals surface area contributed by atoms with Crippen LogP contribution in [-0.4, -0.2) is 20.0 Å². The summed E-state index contributed by atoms with van der Waals surface area (Å²) in [7, 11) is 1.87. The zero-order valence-corrected chi connectivity index (χ0v) is 18.1. The Morgan fingerprint density at radius 2 is 1.77 bits per heavy atom. The Hall–Kier alpha value is -3.67. The van der Waals surface area contributed by atoms with E-state index >= 15 is 0 Å². The van der Waals surface area contributed by atoms with Crippen molar-refractivity contribution in [3.8, 4) is 5.69 Å². The summed E-state index contributed by atoms with van der Waals surface area (Å²) in [5.41, 5.74) is 5.39. The minimum Gasteiger partial charge on any atom is -0.338 e. The van der Waals surface area contributed by atoms with Crippen LogP contribution < -0.4 is 5.32 Å². The van der Waals surface area contributed by atoms with Crippen molar-refractivity contribution in [2.45, 2.75) is 26.8 Å². The van der Waals surface area contributed by atoms with Crippen LogP contribution in [0, 0.1) is 26.6 Å². The summed E-state index contributed by atoms with van der Waals surface area (Å²) < 4.78 is 17.4. The van der Waals surface area contributed by atoms with Gasteiger partial charge in [0.05, 0.1) is 5.56 Å². The van der Waals surface area contributed by atoms with E-state index in [0.717, 1.165) is 28.2 Å². The van der Waals surface area contributed by atoms with Crippen molar-refractivity contribution in [1.29, 1.82) is 0 Å². The van der Waals surface area contributed by atoms with E-state index in [1.807, 2.05) is 55.9 Å². The Morgan fingerprint density at radius 3 is 2.42 bits per heavy atom. The molecule has 0 bridgehead atoms. The lowest BCUT2D eigenvalue weighted by Gasteiger charge is -2.19. The molecule has 0 saturated heterocycles. The molecular weight excluding hydrogens is 391 g/mol. The van der Waals surface area contributed by atoms with Crippen LogP contribution in [0.25, 0.3) is 5.69 Å². The summed E-state index contributed by atoms with van der Waals surface area (Å²) in [6, 6.07) is 15.6. The number of hydrogen-bond donors (Lipinski definition) is 1. The summed E-state index contributed by atoms with van der Waals surface area (Å²) in [4.78, 5) is 17.8. The van der Waals surface area contributed by atoms with Crippen molar-refractivity contribution >= 4 is 5.91 Å². The Kier molecular flexibility index (Phi) is 5.46. The number of hydrogen-bond acceptors (Lipinski definition) is 2. The topological polar surface area (TPSA) is 51.9 Å². The fourth-order valence-corrected chi connectivity index (χ4v) is 3.99. The number of para-hydroxylation sites is 1. The predicted molar refractivity (Wildman–Crippen MR) is 119 cm³/mol. The number of halogens is 1. The number of rotatable bonds is 5. The van der Waals surface area contributed by atoms with Crippen molar-refractivity contribution in [2.75, 3.05) is 0 Å². The van der Waals surface area contributed by atoms with Crippen LogP contribution in [-0.2, 0) is 7.05 Å². The fourth-order valence-electron chi connectivity index (χ4n) is 3.99. The first kappa shape index (κ1) is 20.6. The average molecular weight is 417 g/mol. The molecule has 0 aliphatic rings. The summed E-state index contributed by atoms with van der Waals surface area (Å²) >= 11 is 0. The van der Waals surface area contributed by atoms with E-state index in [1.165, 1.54) is 12.1 Å². The highest BCUT2D eigenvalue weighted by Gasteiger charge is 2.24. The number of nitrogens with one attached hydrogen (secondary N) is 1. The average Bonchev–Trinajstić information content (AvgIpc) is 3.30. The second-order valence-electron chi connectivity index (χ2n) is 7.76. The summed E-state index contributed by atoms with van der Waals surface area (Å²) in [5, 5.41) is 3.10. The molecule has 1 amide bonds. The normalized spacial score (nSPS) is 12.0. The van der Waals surface area contributed by atoms with Crippen LogP contribution in [0.1, 0.15) is 44.7 Å². The number of benzene rings is 2.